The van der Waals surface area contributed by atoms with Crippen LogP contribution in [0.2, 0.25) is 0 Å². The molecule has 0 spiro atoms. The van der Waals surface area contributed by atoms with Gasteiger partial charge in [-0.25, -0.2) is 17.5 Å². The second kappa shape index (κ2) is 7.10. The van der Waals surface area contributed by atoms with Crippen molar-refractivity contribution >= 4 is 27.8 Å². The number of unbranched alkanes of at least 4 members (excludes halogenated alkanes) is 1. The number of carboxylic acids is 1. The first-order valence-electron chi connectivity index (χ1n) is 6.23. The van der Waals surface area contributed by atoms with Gasteiger partial charge in [-0.2, -0.15) is 0 Å². The van der Waals surface area contributed by atoms with Gasteiger partial charge >= 0.3 is 5.97 Å². The highest BCUT2D eigenvalue weighted by molar-refractivity contribution is 7.99. The molecule has 0 radical (unpaired) electrons. The number of rotatable bonds is 7. The van der Waals surface area contributed by atoms with Crippen molar-refractivity contribution in [3.63, 3.8) is 0 Å². The zero-order chi connectivity index (χ0) is 15.3. The van der Waals surface area contributed by atoms with E-state index in [2.05, 4.69) is 6.92 Å². The van der Waals surface area contributed by atoms with E-state index in [4.69, 9.17) is 0 Å². The van der Waals surface area contributed by atoms with Crippen LogP contribution in [0.15, 0.2) is 28.0 Å². The van der Waals surface area contributed by atoms with Crippen molar-refractivity contribution in [1.29, 1.82) is 0 Å². The Balaban J connectivity index is 3.17. The Bertz CT molecular complexity index is 582. The van der Waals surface area contributed by atoms with Gasteiger partial charge in [-0.15, -0.1) is 11.8 Å². The zero-order valence-electron chi connectivity index (χ0n) is 11.8. The Morgan fingerprint density at radius 3 is 2.50 bits per heavy atom. The molecule has 0 atom stereocenters. The van der Waals surface area contributed by atoms with Crippen molar-refractivity contribution in [3.8, 4) is 0 Å². The van der Waals surface area contributed by atoms with E-state index in [9.17, 15) is 18.3 Å². The standard InChI is InChI=1S/C13H19NO4S2/c1-4-5-8-19-12-7-6-10(9-11(12)13(15)16)20(17,18)14(2)3/h6-7,9H,4-5,8H2,1-3H3,(H,15,16). The molecule has 0 heterocycles. The molecule has 1 aromatic carbocycles. The minimum absolute atomic E-state index is 0.000239. The van der Waals surface area contributed by atoms with Gasteiger partial charge in [0.2, 0.25) is 10.0 Å². The summed E-state index contributed by atoms with van der Waals surface area (Å²) in [6.45, 7) is 2.06. The molecule has 0 aliphatic heterocycles. The van der Waals surface area contributed by atoms with E-state index in [1.807, 2.05) is 0 Å². The van der Waals surface area contributed by atoms with E-state index in [0.29, 0.717) is 4.90 Å². The molecule has 0 bridgehead atoms. The molecular formula is C13H19NO4S2. The third-order valence-corrected chi connectivity index (χ3v) is 5.69. The van der Waals surface area contributed by atoms with Crippen molar-refractivity contribution in [1.82, 2.24) is 4.31 Å². The number of aromatic carboxylic acids is 1. The number of hydrogen-bond donors (Lipinski definition) is 1. The van der Waals surface area contributed by atoms with Crippen LogP contribution in [-0.4, -0.2) is 43.6 Å². The van der Waals surface area contributed by atoms with Gasteiger partial charge in [0.1, 0.15) is 0 Å². The largest absolute Gasteiger partial charge is 0.478 e. The van der Waals surface area contributed by atoms with E-state index in [0.717, 1.165) is 22.9 Å². The number of sulfonamides is 1. The Morgan fingerprint density at radius 1 is 1.35 bits per heavy atom. The van der Waals surface area contributed by atoms with Gasteiger partial charge in [-0.3, -0.25) is 0 Å². The predicted molar refractivity (Wildman–Crippen MR) is 79.9 cm³/mol. The van der Waals surface area contributed by atoms with Crippen LogP contribution < -0.4 is 0 Å². The first-order valence-corrected chi connectivity index (χ1v) is 8.66. The van der Waals surface area contributed by atoms with Crippen LogP contribution in [0.1, 0.15) is 30.1 Å². The smallest absolute Gasteiger partial charge is 0.336 e. The SMILES string of the molecule is CCCCSc1ccc(S(=O)(=O)N(C)C)cc1C(=O)O. The number of nitrogens with zero attached hydrogens (tertiary/aromatic N) is 1. The maximum atomic E-state index is 12.0. The Hall–Kier alpha value is -1.05. The second-order valence-electron chi connectivity index (χ2n) is 4.45. The summed E-state index contributed by atoms with van der Waals surface area (Å²) in [7, 11) is -0.781. The van der Waals surface area contributed by atoms with Crippen molar-refractivity contribution in [2.45, 2.75) is 29.6 Å². The molecule has 0 fully saturated rings. The highest BCUT2D eigenvalue weighted by Gasteiger charge is 2.20. The van der Waals surface area contributed by atoms with E-state index >= 15 is 0 Å². The fourth-order valence-corrected chi connectivity index (χ4v) is 3.55. The molecule has 1 rings (SSSR count). The molecule has 0 aromatic heterocycles. The minimum Gasteiger partial charge on any atom is -0.478 e. The van der Waals surface area contributed by atoms with Crippen LogP contribution >= 0.6 is 11.8 Å². The molecular weight excluding hydrogens is 298 g/mol. The highest BCUT2D eigenvalue weighted by Crippen LogP contribution is 2.27. The van der Waals surface area contributed by atoms with Crippen molar-refractivity contribution in [2.24, 2.45) is 0 Å². The first kappa shape index (κ1) is 17.0. The summed E-state index contributed by atoms with van der Waals surface area (Å²) in [6, 6.07) is 4.25. The summed E-state index contributed by atoms with van der Waals surface area (Å²) in [5.74, 6) is -0.295. The Morgan fingerprint density at radius 2 is 2.00 bits per heavy atom. The normalized spacial score (nSPS) is 11.8. The predicted octanol–water partition coefficient (Wildman–Crippen LogP) is 2.53. The zero-order valence-corrected chi connectivity index (χ0v) is 13.4. The fraction of sp³-hybridized carbons (Fsp3) is 0.462. The quantitative estimate of drug-likeness (QED) is 0.618. The van der Waals surface area contributed by atoms with Crippen LogP contribution in [0.4, 0.5) is 0 Å². The third-order valence-electron chi connectivity index (χ3n) is 2.72. The topological polar surface area (TPSA) is 74.7 Å². The average Bonchev–Trinajstić information content (AvgIpc) is 2.38. The second-order valence-corrected chi connectivity index (χ2v) is 7.74. The van der Waals surface area contributed by atoms with Crippen LogP contribution in [0, 0.1) is 0 Å². The molecule has 0 saturated heterocycles. The molecule has 0 aliphatic rings. The lowest BCUT2D eigenvalue weighted by Gasteiger charge is -2.13. The van der Waals surface area contributed by atoms with Crippen molar-refractivity contribution in [3.05, 3.63) is 23.8 Å². The third kappa shape index (κ3) is 3.97. The summed E-state index contributed by atoms with van der Waals surface area (Å²) in [4.78, 5) is 11.9. The molecule has 0 amide bonds. The minimum atomic E-state index is -3.61. The van der Waals surface area contributed by atoms with Gasteiger partial charge in [-0.1, -0.05) is 13.3 Å². The number of hydrogen-bond acceptors (Lipinski definition) is 4. The fourth-order valence-electron chi connectivity index (χ4n) is 1.50. The number of benzene rings is 1. The molecule has 5 nitrogen and oxygen atoms in total. The maximum absolute atomic E-state index is 12.0. The highest BCUT2D eigenvalue weighted by atomic mass is 32.2. The molecule has 1 N–H and O–H groups in total. The van der Waals surface area contributed by atoms with Gasteiger partial charge in [-0.05, 0) is 30.4 Å². The van der Waals surface area contributed by atoms with Crippen LogP contribution in [0.25, 0.3) is 0 Å². The van der Waals surface area contributed by atoms with E-state index in [1.165, 1.54) is 38.0 Å². The number of carboxylic acid groups (broad SMARTS) is 1. The average molecular weight is 317 g/mol. The molecule has 0 aliphatic carbocycles. The maximum Gasteiger partial charge on any atom is 0.336 e. The Labute approximate surface area is 124 Å². The summed E-state index contributed by atoms with van der Waals surface area (Å²) in [6.07, 6.45) is 2.02. The summed E-state index contributed by atoms with van der Waals surface area (Å²) < 4.78 is 25.1. The molecule has 0 unspecified atom stereocenters. The van der Waals surface area contributed by atoms with E-state index in [1.54, 1.807) is 6.07 Å². The molecule has 20 heavy (non-hydrogen) atoms. The van der Waals surface area contributed by atoms with Gasteiger partial charge < -0.3 is 5.11 Å². The van der Waals surface area contributed by atoms with Crippen molar-refractivity contribution < 1.29 is 18.3 Å². The lowest BCUT2D eigenvalue weighted by molar-refractivity contribution is 0.0693. The van der Waals surface area contributed by atoms with Gasteiger partial charge in [0.05, 0.1) is 10.5 Å². The van der Waals surface area contributed by atoms with E-state index < -0.39 is 16.0 Å². The monoisotopic (exact) mass is 317 g/mol. The summed E-state index contributed by atoms with van der Waals surface area (Å²) in [5.41, 5.74) is 0.0361. The van der Waals surface area contributed by atoms with Crippen LogP contribution in [0.5, 0.6) is 0 Å². The lowest BCUT2D eigenvalue weighted by Crippen LogP contribution is -2.22. The molecule has 112 valence electrons. The molecule has 0 saturated carbocycles. The van der Waals surface area contributed by atoms with Gasteiger partial charge in [0.15, 0.2) is 0 Å². The first-order chi connectivity index (χ1) is 9.30. The van der Waals surface area contributed by atoms with E-state index in [-0.39, 0.29) is 10.5 Å². The lowest BCUT2D eigenvalue weighted by atomic mass is 10.2. The summed E-state index contributed by atoms with van der Waals surface area (Å²) in [5, 5.41) is 9.23. The van der Waals surface area contributed by atoms with Crippen LogP contribution in [0.3, 0.4) is 0 Å². The number of thioether (sulfide) groups is 1. The van der Waals surface area contributed by atoms with Gasteiger partial charge in [0.25, 0.3) is 0 Å². The summed E-state index contributed by atoms with van der Waals surface area (Å²) >= 11 is 1.44. The molecule has 7 heteroatoms. The number of carbonyl (C=O) groups is 1. The van der Waals surface area contributed by atoms with Gasteiger partial charge in [0, 0.05) is 19.0 Å². The Kier molecular flexibility index (Phi) is 6.04. The molecule has 1 aromatic rings. The van der Waals surface area contributed by atoms with Crippen LogP contribution in [-0.2, 0) is 10.0 Å². The van der Waals surface area contributed by atoms with Crippen molar-refractivity contribution in [2.75, 3.05) is 19.8 Å².